The Morgan fingerprint density at radius 1 is 0.958 bits per heavy atom. The minimum absolute atomic E-state index is 0.0710. The van der Waals surface area contributed by atoms with E-state index in [1.165, 1.54) is 0 Å². The number of hydrogen-bond donors (Lipinski definition) is 5. The van der Waals surface area contributed by atoms with Crippen LogP contribution in [0.25, 0.3) is 0 Å². The third-order valence-corrected chi connectivity index (χ3v) is 3.26. The number of primary amides is 1. The number of amides is 4. The van der Waals surface area contributed by atoms with Gasteiger partial charge in [-0.2, -0.15) is 0 Å². The molecule has 9 heteroatoms. The quantitative estimate of drug-likeness (QED) is 0.314. The monoisotopic (exact) mass is 344 g/mol. The minimum Gasteiger partial charge on any atom is -0.481 e. The van der Waals surface area contributed by atoms with Crippen molar-refractivity contribution in [3.8, 4) is 0 Å². The Bertz CT molecular complexity index is 440. The smallest absolute Gasteiger partial charge is 0.312 e. The highest BCUT2D eigenvalue weighted by Crippen LogP contribution is 2.04. The number of unbranched alkanes of at least 4 members (excludes halogenated alkanes) is 1. The first kappa shape index (κ1) is 21.7. The molecule has 0 aromatic carbocycles. The van der Waals surface area contributed by atoms with Gasteiger partial charge >= 0.3 is 12.0 Å². The van der Waals surface area contributed by atoms with Crippen LogP contribution in [-0.2, 0) is 14.4 Å². The number of carboxylic acid groups (broad SMARTS) is 1. The Hall–Kier alpha value is -2.32. The molecule has 0 aliphatic heterocycles. The molecule has 0 spiro atoms. The molecule has 0 saturated carbocycles. The van der Waals surface area contributed by atoms with Gasteiger partial charge in [-0.1, -0.05) is 13.8 Å². The largest absolute Gasteiger partial charge is 0.481 e. The molecular formula is C15H28N4O5. The second-order valence-corrected chi connectivity index (χ2v) is 5.83. The third kappa shape index (κ3) is 11.3. The molecule has 0 fully saturated rings. The summed E-state index contributed by atoms with van der Waals surface area (Å²) in [6.45, 7) is 4.51. The maximum absolute atomic E-state index is 12.1. The molecule has 24 heavy (non-hydrogen) atoms. The number of rotatable bonds is 12. The Morgan fingerprint density at radius 3 is 2.04 bits per heavy atom. The summed E-state index contributed by atoms with van der Waals surface area (Å²) in [5.74, 6) is -1.66. The van der Waals surface area contributed by atoms with E-state index in [9.17, 15) is 19.2 Å². The van der Waals surface area contributed by atoms with Crippen LogP contribution in [0, 0.1) is 5.92 Å². The average Bonchev–Trinajstić information content (AvgIpc) is 2.47. The predicted octanol–water partition coefficient (Wildman–Crippen LogP) is -0.0532. The number of carbonyl (C=O) groups excluding carboxylic acids is 3. The van der Waals surface area contributed by atoms with E-state index in [4.69, 9.17) is 10.8 Å². The van der Waals surface area contributed by atoms with Gasteiger partial charge < -0.3 is 26.8 Å². The summed E-state index contributed by atoms with van der Waals surface area (Å²) < 4.78 is 0. The molecule has 0 radical (unpaired) electrons. The molecule has 6 N–H and O–H groups in total. The van der Waals surface area contributed by atoms with Crippen molar-refractivity contribution in [3.63, 3.8) is 0 Å². The van der Waals surface area contributed by atoms with Crippen LogP contribution in [0.15, 0.2) is 0 Å². The summed E-state index contributed by atoms with van der Waals surface area (Å²) in [6.07, 6.45) is 1.58. The normalized spacial score (nSPS) is 11.6. The second kappa shape index (κ2) is 12.1. The molecule has 9 nitrogen and oxygen atoms in total. The fraction of sp³-hybridized carbons (Fsp3) is 0.733. The molecule has 0 heterocycles. The van der Waals surface area contributed by atoms with Gasteiger partial charge in [0.1, 0.15) is 6.04 Å². The Labute approximate surface area is 141 Å². The molecule has 0 aliphatic carbocycles. The molecule has 138 valence electrons. The second-order valence-electron chi connectivity index (χ2n) is 5.83. The summed E-state index contributed by atoms with van der Waals surface area (Å²) >= 11 is 0. The van der Waals surface area contributed by atoms with Crippen LogP contribution in [-0.4, -0.2) is 48.1 Å². The van der Waals surface area contributed by atoms with Crippen LogP contribution in [0.4, 0.5) is 4.79 Å². The van der Waals surface area contributed by atoms with Crippen molar-refractivity contribution in [2.24, 2.45) is 11.7 Å². The topological polar surface area (TPSA) is 151 Å². The fourth-order valence-corrected chi connectivity index (χ4v) is 1.96. The highest BCUT2D eigenvalue weighted by molar-refractivity contribution is 5.87. The highest BCUT2D eigenvalue weighted by Gasteiger charge is 2.23. The number of hydrogen-bond acceptors (Lipinski definition) is 4. The lowest BCUT2D eigenvalue weighted by molar-refractivity contribution is -0.137. The zero-order valence-electron chi connectivity index (χ0n) is 14.3. The van der Waals surface area contributed by atoms with E-state index in [0.29, 0.717) is 25.9 Å². The van der Waals surface area contributed by atoms with Gasteiger partial charge in [-0.05, 0) is 25.2 Å². The first-order valence-electron chi connectivity index (χ1n) is 8.06. The third-order valence-electron chi connectivity index (χ3n) is 3.26. The SMILES string of the molecule is CC(C)[C@H](NC(=O)CCCC(=O)O)C(=O)NCCCCNC(N)=O. The lowest BCUT2D eigenvalue weighted by Crippen LogP contribution is -2.49. The molecule has 0 bridgehead atoms. The zero-order valence-corrected chi connectivity index (χ0v) is 14.3. The first-order chi connectivity index (χ1) is 11.2. The van der Waals surface area contributed by atoms with Crippen molar-refractivity contribution in [1.82, 2.24) is 16.0 Å². The van der Waals surface area contributed by atoms with Crippen LogP contribution in [0.5, 0.6) is 0 Å². The molecule has 0 rings (SSSR count). The first-order valence-corrected chi connectivity index (χ1v) is 8.06. The van der Waals surface area contributed by atoms with E-state index in [-0.39, 0.29) is 37.0 Å². The summed E-state index contributed by atoms with van der Waals surface area (Å²) in [5, 5.41) is 16.4. The van der Waals surface area contributed by atoms with Gasteiger partial charge in [-0.15, -0.1) is 0 Å². The van der Waals surface area contributed by atoms with Gasteiger partial charge in [-0.25, -0.2) is 4.79 Å². The van der Waals surface area contributed by atoms with E-state index in [1.54, 1.807) is 0 Å². The number of nitrogens with two attached hydrogens (primary N) is 1. The van der Waals surface area contributed by atoms with Crippen LogP contribution in [0.3, 0.4) is 0 Å². The van der Waals surface area contributed by atoms with Gasteiger partial charge in [-0.3, -0.25) is 14.4 Å². The molecule has 0 saturated heterocycles. The maximum atomic E-state index is 12.1. The lowest BCUT2D eigenvalue weighted by Gasteiger charge is -2.21. The van der Waals surface area contributed by atoms with Gasteiger partial charge in [0.25, 0.3) is 0 Å². The van der Waals surface area contributed by atoms with E-state index in [1.807, 2.05) is 13.8 Å². The molecule has 0 aromatic heterocycles. The van der Waals surface area contributed by atoms with Crippen LogP contribution in [0.1, 0.15) is 46.0 Å². The molecule has 4 amide bonds. The Morgan fingerprint density at radius 2 is 1.54 bits per heavy atom. The molecule has 1 atom stereocenters. The van der Waals surface area contributed by atoms with Gasteiger partial charge in [0.05, 0.1) is 0 Å². The number of urea groups is 1. The lowest BCUT2D eigenvalue weighted by atomic mass is 10.0. The summed E-state index contributed by atoms with van der Waals surface area (Å²) in [7, 11) is 0. The van der Waals surface area contributed by atoms with E-state index in [0.717, 1.165) is 0 Å². The average molecular weight is 344 g/mol. The van der Waals surface area contributed by atoms with Crippen molar-refractivity contribution in [1.29, 1.82) is 0 Å². The van der Waals surface area contributed by atoms with Crippen molar-refractivity contribution in [3.05, 3.63) is 0 Å². The van der Waals surface area contributed by atoms with Gasteiger partial charge in [0.2, 0.25) is 11.8 Å². The summed E-state index contributed by atoms with van der Waals surface area (Å²) in [5.41, 5.74) is 4.93. The van der Waals surface area contributed by atoms with Crippen molar-refractivity contribution >= 4 is 23.8 Å². The Balaban J connectivity index is 4.11. The van der Waals surface area contributed by atoms with Gasteiger partial charge in [0.15, 0.2) is 0 Å². The van der Waals surface area contributed by atoms with Gasteiger partial charge in [0, 0.05) is 25.9 Å². The number of carbonyl (C=O) groups is 4. The number of aliphatic carboxylic acids is 1. The van der Waals surface area contributed by atoms with Crippen molar-refractivity contribution in [2.45, 2.75) is 52.0 Å². The van der Waals surface area contributed by atoms with E-state index >= 15 is 0 Å². The fourth-order valence-electron chi connectivity index (χ4n) is 1.96. The summed E-state index contributed by atoms with van der Waals surface area (Å²) in [6, 6.07) is -1.24. The zero-order chi connectivity index (χ0) is 18.5. The molecule has 0 aliphatic rings. The van der Waals surface area contributed by atoms with E-state index in [2.05, 4.69) is 16.0 Å². The molecular weight excluding hydrogens is 316 g/mol. The van der Waals surface area contributed by atoms with Crippen LogP contribution >= 0.6 is 0 Å². The van der Waals surface area contributed by atoms with Crippen molar-refractivity contribution < 1.29 is 24.3 Å². The van der Waals surface area contributed by atoms with E-state index < -0.39 is 18.0 Å². The van der Waals surface area contributed by atoms with Crippen LogP contribution < -0.4 is 21.7 Å². The Kier molecular flexibility index (Phi) is 11.0. The predicted molar refractivity (Wildman–Crippen MR) is 88.1 cm³/mol. The highest BCUT2D eigenvalue weighted by atomic mass is 16.4. The minimum atomic E-state index is -0.952. The number of carboxylic acids is 1. The maximum Gasteiger partial charge on any atom is 0.312 e. The molecule has 0 unspecified atom stereocenters. The van der Waals surface area contributed by atoms with Crippen LogP contribution in [0.2, 0.25) is 0 Å². The summed E-state index contributed by atoms with van der Waals surface area (Å²) in [4.78, 5) is 44.8. The number of nitrogens with one attached hydrogen (secondary N) is 3. The molecule has 0 aromatic rings. The standard InChI is InChI=1S/C15H28N4O5/c1-10(2)13(19-11(20)6-5-7-12(21)22)14(23)17-8-3-4-9-18-15(16)24/h10,13H,3-9H2,1-2H3,(H,17,23)(H,19,20)(H,21,22)(H3,16,18,24)/t13-/m0/s1. The van der Waals surface area contributed by atoms with Crippen molar-refractivity contribution in [2.75, 3.05) is 13.1 Å².